The van der Waals surface area contributed by atoms with E-state index in [9.17, 15) is 29.8 Å². The molecule has 10 heteroatoms. The lowest BCUT2D eigenvalue weighted by Crippen LogP contribution is -2.48. The molecule has 3 aliphatic rings. The summed E-state index contributed by atoms with van der Waals surface area (Å²) in [6.45, 7) is 0. The van der Waals surface area contributed by atoms with Crippen LogP contribution < -0.4 is 0 Å². The average molecular weight is 462 g/mol. The number of hydrogen-bond donors (Lipinski definition) is 0. The van der Waals surface area contributed by atoms with Gasteiger partial charge in [0.25, 0.3) is 11.4 Å². The minimum absolute atomic E-state index is 0.115. The summed E-state index contributed by atoms with van der Waals surface area (Å²) >= 11 is 0. The fourth-order valence-corrected chi connectivity index (χ4v) is 4.99. The molecule has 0 saturated heterocycles. The first kappa shape index (κ1) is 21.5. The van der Waals surface area contributed by atoms with Crippen molar-refractivity contribution in [3.05, 3.63) is 104 Å². The van der Waals surface area contributed by atoms with E-state index in [2.05, 4.69) is 0 Å². The van der Waals surface area contributed by atoms with Gasteiger partial charge in [-0.2, -0.15) is 0 Å². The highest BCUT2D eigenvalue weighted by Gasteiger charge is 2.56. The van der Waals surface area contributed by atoms with Gasteiger partial charge in [0.1, 0.15) is 12.2 Å². The Labute approximate surface area is 192 Å². The highest BCUT2D eigenvalue weighted by atomic mass is 16.6. The van der Waals surface area contributed by atoms with Gasteiger partial charge in [-0.05, 0) is 24.3 Å². The van der Waals surface area contributed by atoms with Crippen LogP contribution in [0.25, 0.3) is 0 Å². The Bertz CT molecular complexity index is 1110. The van der Waals surface area contributed by atoms with Crippen molar-refractivity contribution < 1.29 is 28.9 Å². The molecule has 34 heavy (non-hydrogen) atoms. The summed E-state index contributed by atoms with van der Waals surface area (Å²) in [7, 11) is 0. The average Bonchev–Trinajstić information content (AvgIpc) is 3.32. The van der Waals surface area contributed by atoms with Gasteiger partial charge in [-0.25, -0.2) is 9.59 Å². The van der Waals surface area contributed by atoms with Crippen LogP contribution in [0.4, 0.5) is 11.4 Å². The molecule has 0 aliphatic heterocycles. The molecular weight excluding hydrogens is 444 g/mol. The number of nitro benzene ring substituents is 2. The normalized spacial score (nSPS) is 27.9. The van der Waals surface area contributed by atoms with Crippen LogP contribution in [0.2, 0.25) is 0 Å². The number of rotatable bonds is 6. The van der Waals surface area contributed by atoms with Crippen LogP contribution in [0.5, 0.6) is 0 Å². The standard InChI is InChI=1S/C24H18N2O8/c27-23(13-1-5-15(6-2-13)25(29)30)33-21-17-9-10-18(21)20-12-11-19(17)22(20)34-24(28)14-3-7-16(8-4-14)26(31)32/h1-12,17-22H. The van der Waals surface area contributed by atoms with Crippen LogP contribution in [0.15, 0.2) is 72.8 Å². The second-order valence-corrected chi connectivity index (χ2v) is 8.43. The van der Waals surface area contributed by atoms with Gasteiger partial charge in [-0.3, -0.25) is 20.2 Å². The number of fused-ring (bicyclic) bond motifs is 6. The van der Waals surface area contributed by atoms with Gasteiger partial charge >= 0.3 is 11.9 Å². The van der Waals surface area contributed by atoms with E-state index in [4.69, 9.17) is 9.47 Å². The number of esters is 2. The zero-order chi connectivity index (χ0) is 24.0. The molecule has 0 radical (unpaired) electrons. The van der Waals surface area contributed by atoms with Crippen LogP contribution in [0.1, 0.15) is 20.7 Å². The predicted molar refractivity (Wildman–Crippen MR) is 117 cm³/mol. The molecule has 3 aliphatic carbocycles. The number of nitrogens with zero attached hydrogens (tertiary/aromatic N) is 2. The van der Waals surface area contributed by atoms with Gasteiger partial charge in [0.15, 0.2) is 0 Å². The first-order valence-electron chi connectivity index (χ1n) is 10.6. The van der Waals surface area contributed by atoms with Gasteiger partial charge in [0, 0.05) is 47.9 Å². The maximum absolute atomic E-state index is 12.7. The maximum Gasteiger partial charge on any atom is 0.338 e. The number of benzene rings is 2. The van der Waals surface area contributed by atoms with E-state index in [-0.39, 0.29) is 46.2 Å². The summed E-state index contributed by atoms with van der Waals surface area (Å²) < 4.78 is 11.6. The largest absolute Gasteiger partial charge is 0.457 e. The monoisotopic (exact) mass is 462 g/mol. The molecule has 0 aromatic heterocycles. The van der Waals surface area contributed by atoms with Crippen molar-refractivity contribution in [1.29, 1.82) is 0 Å². The molecule has 0 amide bonds. The van der Waals surface area contributed by atoms with Crippen molar-refractivity contribution >= 4 is 23.3 Å². The van der Waals surface area contributed by atoms with E-state index in [0.717, 1.165) is 0 Å². The summed E-state index contributed by atoms with van der Waals surface area (Å²) in [4.78, 5) is 46.0. The zero-order valence-electron chi connectivity index (χ0n) is 17.6. The first-order valence-corrected chi connectivity index (χ1v) is 10.6. The zero-order valence-corrected chi connectivity index (χ0v) is 17.6. The lowest BCUT2D eigenvalue weighted by molar-refractivity contribution is -0.385. The van der Waals surface area contributed by atoms with Gasteiger partial charge in [0.2, 0.25) is 0 Å². The van der Waals surface area contributed by atoms with E-state index in [1.54, 1.807) is 0 Å². The van der Waals surface area contributed by atoms with Crippen LogP contribution >= 0.6 is 0 Å². The lowest BCUT2D eigenvalue weighted by Gasteiger charge is -2.40. The summed E-state index contributed by atoms with van der Waals surface area (Å²) in [5.74, 6) is -1.87. The van der Waals surface area contributed by atoms with E-state index >= 15 is 0 Å². The molecule has 0 heterocycles. The fourth-order valence-electron chi connectivity index (χ4n) is 4.99. The molecular formula is C24H18N2O8. The Morgan fingerprint density at radius 3 is 1.15 bits per heavy atom. The quantitative estimate of drug-likeness (QED) is 0.273. The van der Waals surface area contributed by atoms with Crippen molar-refractivity contribution in [3.8, 4) is 0 Å². The Morgan fingerprint density at radius 1 is 0.588 bits per heavy atom. The highest BCUT2D eigenvalue weighted by Crippen LogP contribution is 2.52. The Kier molecular flexibility index (Phi) is 5.20. The highest BCUT2D eigenvalue weighted by molar-refractivity contribution is 5.90. The molecule has 172 valence electrons. The number of hydrogen-bond acceptors (Lipinski definition) is 8. The van der Waals surface area contributed by atoms with Crippen molar-refractivity contribution in [3.63, 3.8) is 0 Å². The maximum atomic E-state index is 12.7. The van der Waals surface area contributed by atoms with Crippen molar-refractivity contribution in [1.82, 2.24) is 0 Å². The predicted octanol–water partition coefficient (Wildman–Crippen LogP) is 3.87. The molecule has 1 fully saturated rings. The summed E-state index contributed by atoms with van der Waals surface area (Å²) in [5, 5.41) is 21.6. The second kappa shape index (κ2) is 8.22. The molecule has 1 saturated carbocycles. The number of nitro groups is 2. The minimum atomic E-state index is -0.570. The lowest BCUT2D eigenvalue weighted by atomic mass is 9.73. The van der Waals surface area contributed by atoms with Crippen molar-refractivity contribution in [2.24, 2.45) is 23.7 Å². The third-order valence-corrected chi connectivity index (χ3v) is 6.63. The van der Waals surface area contributed by atoms with Gasteiger partial charge in [-0.15, -0.1) is 0 Å². The number of carbonyl (C=O) groups is 2. The van der Waals surface area contributed by atoms with E-state index in [1.807, 2.05) is 24.3 Å². The van der Waals surface area contributed by atoms with Crippen LogP contribution in [0, 0.1) is 43.9 Å². The Balaban J connectivity index is 1.27. The molecule has 0 spiro atoms. The molecule has 0 N–H and O–H groups in total. The number of ether oxygens (including phenoxy) is 2. The topological polar surface area (TPSA) is 139 Å². The second-order valence-electron chi connectivity index (χ2n) is 8.43. The molecule has 5 rings (SSSR count). The summed E-state index contributed by atoms with van der Waals surface area (Å²) in [5.41, 5.74) is 0.209. The molecule has 10 nitrogen and oxygen atoms in total. The Hall–Kier alpha value is -4.34. The number of non-ortho nitro benzene ring substituents is 2. The number of carbonyl (C=O) groups excluding carboxylic acids is 2. The van der Waals surface area contributed by atoms with Gasteiger partial charge in [0.05, 0.1) is 21.0 Å². The van der Waals surface area contributed by atoms with Gasteiger partial charge < -0.3 is 9.47 Å². The van der Waals surface area contributed by atoms with Crippen LogP contribution in [-0.2, 0) is 9.47 Å². The fraction of sp³-hybridized carbons (Fsp3) is 0.250. The summed E-state index contributed by atoms with van der Waals surface area (Å²) in [6.07, 6.45) is 7.00. The van der Waals surface area contributed by atoms with Crippen molar-refractivity contribution in [2.75, 3.05) is 0 Å². The van der Waals surface area contributed by atoms with Crippen LogP contribution in [-0.4, -0.2) is 34.0 Å². The summed E-state index contributed by atoms with van der Waals surface area (Å²) in [6, 6.07) is 10.5. The minimum Gasteiger partial charge on any atom is -0.457 e. The van der Waals surface area contributed by atoms with Crippen molar-refractivity contribution in [2.45, 2.75) is 12.2 Å². The Morgan fingerprint density at radius 2 is 0.882 bits per heavy atom. The van der Waals surface area contributed by atoms with E-state index < -0.39 is 34.0 Å². The molecule has 4 unspecified atom stereocenters. The molecule has 2 aromatic carbocycles. The molecule has 4 atom stereocenters. The molecule has 4 bridgehead atoms. The third kappa shape index (κ3) is 3.62. The first-order chi connectivity index (χ1) is 16.3. The van der Waals surface area contributed by atoms with E-state index in [1.165, 1.54) is 48.5 Å². The van der Waals surface area contributed by atoms with E-state index in [0.29, 0.717) is 0 Å². The van der Waals surface area contributed by atoms with Crippen LogP contribution in [0.3, 0.4) is 0 Å². The van der Waals surface area contributed by atoms with Gasteiger partial charge in [-0.1, -0.05) is 24.3 Å². The molecule has 2 aromatic rings. The third-order valence-electron chi connectivity index (χ3n) is 6.63. The smallest absolute Gasteiger partial charge is 0.338 e. The SMILES string of the molecule is O=C(OC1C2C=CC1C1C=CC2C1OC(=O)c1ccc([N+](=O)[O-])cc1)c1ccc([N+](=O)[O-])cc1.